The molecule has 1 aliphatic rings. The van der Waals surface area contributed by atoms with Crippen LogP contribution in [0.4, 0.5) is 8.78 Å². The molecule has 1 aliphatic carbocycles. The van der Waals surface area contributed by atoms with Gasteiger partial charge in [0, 0.05) is 38.0 Å². The average Bonchev–Trinajstić information content (AvgIpc) is 3.08. The number of nitrogens with zero attached hydrogens (tertiary/aromatic N) is 5. The van der Waals surface area contributed by atoms with Crippen LogP contribution in [0, 0.1) is 5.41 Å². The van der Waals surface area contributed by atoms with Crippen LogP contribution in [0.1, 0.15) is 13.3 Å². The van der Waals surface area contributed by atoms with Gasteiger partial charge in [-0.3, -0.25) is 9.13 Å². The highest BCUT2D eigenvalue weighted by Crippen LogP contribution is 2.61. The summed E-state index contributed by atoms with van der Waals surface area (Å²) in [6, 6.07) is 13.2. The Bertz CT molecular complexity index is 1290. The van der Waals surface area contributed by atoms with Gasteiger partial charge in [-0.15, -0.1) is 0 Å². The van der Waals surface area contributed by atoms with Crippen LogP contribution in [-0.2, 0) is 13.6 Å². The topological polar surface area (TPSA) is 57.6 Å². The fourth-order valence-electron chi connectivity index (χ4n) is 3.78. The number of benzene rings is 1. The summed E-state index contributed by atoms with van der Waals surface area (Å²) < 4.78 is 32.0. The van der Waals surface area contributed by atoms with E-state index in [1.807, 2.05) is 42.6 Å². The first-order valence-corrected chi connectivity index (χ1v) is 9.34. The van der Waals surface area contributed by atoms with Crippen molar-refractivity contribution in [2.24, 2.45) is 12.5 Å². The minimum absolute atomic E-state index is 0.0218. The van der Waals surface area contributed by atoms with Gasteiger partial charge in [-0.1, -0.05) is 19.1 Å². The van der Waals surface area contributed by atoms with Crippen LogP contribution < -0.4 is 5.69 Å². The van der Waals surface area contributed by atoms with Crippen LogP contribution >= 0.6 is 0 Å². The molecule has 0 spiro atoms. The third kappa shape index (κ3) is 2.70. The average molecular weight is 395 g/mol. The lowest BCUT2D eigenvalue weighted by atomic mass is 10.1. The van der Waals surface area contributed by atoms with Gasteiger partial charge in [0.1, 0.15) is 0 Å². The number of halogens is 2. The highest BCUT2D eigenvalue weighted by atomic mass is 19.3. The molecule has 0 saturated heterocycles. The van der Waals surface area contributed by atoms with E-state index < -0.39 is 11.3 Å². The fourth-order valence-corrected chi connectivity index (χ4v) is 3.78. The minimum atomic E-state index is -2.73. The number of aromatic nitrogens is 5. The predicted octanol–water partition coefficient (Wildman–Crippen LogP) is 3.63. The SMILES string of the molecule is Cn1c(=O)n(CC2(C)CC2(F)F)c2ccc(-c3cccc(-n4cccn4)c3)nc21. The largest absolute Gasteiger partial charge is 0.330 e. The molecule has 6 nitrogen and oxygen atoms in total. The van der Waals surface area contributed by atoms with E-state index in [4.69, 9.17) is 0 Å². The van der Waals surface area contributed by atoms with E-state index in [9.17, 15) is 13.6 Å². The number of aryl methyl sites for hydroxylation is 1. The smallest absolute Gasteiger partial charge is 0.290 e. The summed E-state index contributed by atoms with van der Waals surface area (Å²) in [5.41, 5.74) is 1.99. The Hall–Kier alpha value is -3.29. The van der Waals surface area contributed by atoms with Gasteiger partial charge in [0.15, 0.2) is 5.65 Å². The van der Waals surface area contributed by atoms with Crippen LogP contribution in [0.3, 0.4) is 0 Å². The predicted molar refractivity (Wildman–Crippen MR) is 105 cm³/mol. The molecule has 0 radical (unpaired) electrons. The second kappa shape index (κ2) is 5.85. The zero-order valence-electron chi connectivity index (χ0n) is 16.0. The molecule has 5 rings (SSSR count). The number of rotatable bonds is 4. The van der Waals surface area contributed by atoms with E-state index in [1.165, 1.54) is 16.1 Å². The lowest BCUT2D eigenvalue weighted by molar-refractivity contribution is 0.0637. The lowest BCUT2D eigenvalue weighted by Crippen LogP contribution is -2.27. The number of imidazole rings is 1. The molecule has 3 aromatic heterocycles. The molecule has 0 bridgehead atoms. The molecule has 1 fully saturated rings. The zero-order chi connectivity index (χ0) is 20.4. The Balaban J connectivity index is 1.58. The summed E-state index contributed by atoms with van der Waals surface area (Å²) in [4.78, 5) is 17.4. The highest BCUT2D eigenvalue weighted by molar-refractivity contribution is 5.76. The second-order valence-electron chi connectivity index (χ2n) is 7.91. The number of fused-ring (bicyclic) bond motifs is 1. The molecule has 1 atom stereocenters. The molecule has 1 aromatic carbocycles. The van der Waals surface area contributed by atoms with E-state index in [0.29, 0.717) is 16.9 Å². The quantitative estimate of drug-likeness (QED) is 0.530. The van der Waals surface area contributed by atoms with Crippen molar-refractivity contribution < 1.29 is 8.78 Å². The van der Waals surface area contributed by atoms with Crippen LogP contribution in [0.2, 0.25) is 0 Å². The van der Waals surface area contributed by atoms with Gasteiger partial charge < -0.3 is 0 Å². The van der Waals surface area contributed by atoms with Gasteiger partial charge >= 0.3 is 5.69 Å². The Labute approximate surface area is 165 Å². The molecule has 1 saturated carbocycles. The Kier molecular flexibility index (Phi) is 3.59. The third-order valence-corrected chi connectivity index (χ3v) is 5.77. The summed E-state index contributed by atoms with van der Waals surface area (Å²) in [7, 11) is 1.62. The summed E-state index contributed by atoms with van der Waals surface area (Å²) in [5, 5.41) is 4.24. The summed E-state index contributed by atoms with van der Waals surface area (Å²) in [6.45, 7) is 1.49. The minimum Gasteiger partial charge on any atom is -0.290 e. The van der Waals surface area contributed by atoms with Gasteiger partial charge in [0.2, 0.25) is 0 Å². The van der Waals surface area contributed by atoms with Gasteiger partial charge in [-0.2, -0.15) is 5.10 Å². The molecule has 0 aliphatic heterocycles. The maximum atomic E-state index is 13.7. The standard InChI is InChI=1S/C21H19F2N5O/c1-20(12-21(20,22)23)13-27-17-8-7-16(25-18(17)26(2)19(27)29)14-5-3-6-15(11-14)28-10-4-9-24-28/h3-11H,12-13H2,1-2H3. The molecular formula is C21H19F2N5O. The van der Waals surface area contributed by atoms with Gasteiger partial charge in [0.05, 0.1) is 22.3 Å². The number of alkyl halides is 2. The zero-order valence-corrected chi connectivity index (χ0v) is 16.0. The number of hydrogen-bond acceptors (Lipinski definition) is 3. The summed E-state index contributed by atoms with van der Waals surface area (Å²) >= 11 is 0. The molecule has 29 heavy (non-hydrogen) atoms. The van der Waals surface area contributed by atoms with Crippen molar-refractivity contribution >= 4 is 11.2 Å². The van der Waals surface area contributed by atoms with Crippen molar-refractivity contribution in [3.63, 3.8) is 0 Å². The van der Waals surface area contributed by atoms with Crippen molar-refractivity contribution in [1.29, 1.82) is 0 Å². The summed E-state index contributed by atoms with van der Waals surface area (Å²) in [5.74, 6) is -2.73. The molecular weight excluding hydrogens is 376 g/mol. The Morgan fingerprint density at radius 3 is 2.66 bits per heavy atom. The van der Waals surface area contributed by atoms with E-state index in [-0.39, 0.29) is 18.7 Å². The van der Waals surface area contributed by atoms with E-state index in [1.54, 1.807) is 24.0 Å². The molecule has 0 N–H and O–H groups in total. The van der Waals surface area contributed by atoms with Crippen molar-refractivity contribution in [2.45, 2.75) is 25.8 Å². The van der Waals surface area contributed by atoms with Crippen LogP contribution in [0.15, 0.2) is 59.7 Å². The molecule has 0 amide bonds. The Morgan fingerprint density at radius 1 is 1.17 bits per heavy atom. The molecule has 3 heterocycles. The van der Waals surface area contributed by atoms with E-state index >= 15 is 0 Å². The number of pyridine rings is 1. The van der Waals surface area contributed by atoms with Crippen LogP contribution in [-0.4, -0.2) is 29.8 Å². The summed E-state index contributed by atoms with van der Waals surface area (Å²) in [6.07, 6.45) is 3.36. The lowest BCUT2D eigenvalue weighted by Gasteiger charge is -2.11. The maximum Gasteiger partial charge on any atom is 0.330 e. The fraction of sp³-hybridized carbons (Fsp3) is 0.286. The molecule has 8 heteroatoms. The van der Waals surface area contributed by atoms with Crippen molar-refractivity contribution in [1.82, 2.24) is 23.9 Å². The van der Waals surface area contributed by atoms with Crippen molar-refractivity contribution in [2.75, 3.05) is 0 Å². The number of hydrogen-bond donors (Lipinski definition) is 0. The normalized spacial score (nSPS) is 20.3. The van der Waals surface area contributed by atoms with Gasteiger partial charge in [-0.05, 0) is 30.3 Å². The first-order chi connectivity index (χ1) is 13.8. The highest BCUT2D eigenvalue weighted by Gasteiger charge is 2.68. The molecule has 148 valence electrons. The maximum absolute atomic E-state index is 13.7. The van der Waals surface area contributed by atoms with Gasteiger partial charge in [0.25, 0.3) is 5.92 Å². The van der Waals surface area contributed by atoms with Crippen LogP contribution in [0.25, 0.3) is 28.1 Å². The van der Waals surface area contributed by atoms with E-state index in [2.05, 4.69) is 10.1 Å². The Morgan fingerprint density at radius 2 is 1.97 bits per heavy atom. The van der Waals surface area contributed by atoms with Crippen molar-refractivity contribution in [3.05, 3.63) is 65.3 Å². The van der Waals surface area contributed by atoms with Crippen molar-refractivity contribution in [3.8, 4) is 16.9 Å². The monoisotopic (exact) mass is 395 g/mol. The van der Waals surface area contributed by atoms with Crippen LogP contribution in [0.5, 0.6) is 0 Å². The van der Waals surface area contributed by atoms with Gasteiger partial charge in [-0.25, -0.2) is 23.2 Å². The first kappa shape index (κ1) is 17.8. The molecule has 1 unspecified atom stereocenters. The first-order valence-electron chi connectivity index (χ1n) is 9.34. The molecule has 4 aromatic rings. The third-order valence-electron chi connectivity index (χ3n) is 5.77. The second-order valence-corrected chi connectivity index (χ2v) is 7.91. The van der Waals surface area contributed by atoms with E-state index in [0.717, 1.165) is 11.3 Å².